The molecule has 2 heterocycles. The number of carbonyl (C=O) groups is 9. The van der Waals surface area contributed by atoms with Crippen molar-refractivity contribution in [3.05, 3.63) is 34.1 Å². The minimum atomic E-state index is -1.49. The van der Waals surface area contributed by atoms with Crippen molar-refractivity contribution >= 4 is 88.6 Å². The van der Waals surface area contributed by atoms with Gasteiger partial charge in [-0.05, 0) is 25.7 Å². The third-order valence-electron chi connectivity index (χ3n) is 9.65. The molecule has 356 valence electrons. The summed E-state index contributed by atoms with van der Waals surface area (Å²) in [4.78, 5) is 140. The summed E-state index contributed by atoms with van der Waals surface area (Å²) in [5, 5.41) is 53.7. The van der Waals surface area contributed by atoms with Gasteiger partial charge in [0.1, 0.15) is 48.9 Å². The average molecular weight is 955 g/mol. The summed E-state index contributed by atoms with van der Waals surface area (Å²) >= 11 is 1.77. The highest BCUT2D eigenvalue weighted by Crippen LogP contribution is 2.48. The molecule has 27 nitrogen and oxygen atoms in total. The molecule has 65 heavy (non-hydrogen) atoms. The van der Waals surface area contributed by atoms with Crippen molar-refractivity contribution in [3.8, 4) is 5.75 Å². The van der Waals surface area contributed by atoms with Crippen LogP contribution in [0.2, 0.25) is 0 Å². The maximum Gasteiger partial charge on any atom is 0.322 e. The number of aromatic hydroxyl groups is 1. The van der Waals surface area contributed by atoms with Crippen molar-refractivity contribution < 1.29 is 68.7 Å². The number of ketones is 1. The highest BCUT2D eigenvalue weighted by molar-refractivity contribution is 7.99. The van der Waals surface area contributed by atoms with Gasteiger partial charge in [0.2, 0.25) is 29.6 Å². The van der Waals surface area contributed by atoms with Crippen molar-refractivity contribution in [3.63, 3.8) is 0 Å². The minimum Gasteiger partial charge on any atom is -0.503 e. The minimum absolute atomic E-state index is 0.0199. The van der Waals surface area contributed by atoms with Gasteiger partial charge in [0.25, 0.3) is 5.56 Å². The van der Waals surface area contributed by atoms with Gasteiger partial charge in [-0.3, -0.25) is 52.9 Å². The Kier molecular flexibility index (Phi) is 20.3. The number of anilines is 2. The van der Waals surface area contributed by atoms with E-state index in [2.05, 4.69) is 41.2 Å². The van der Waals surface area contributed by atoms with Gasteiger partial charge in [-0.25, -0.2) is 15.0 Å². The van der Waals surface area contributed by atoms with Crippen LogP contribution in [0.25, 0.3) is 0 Å². The number of nitrogens with one attached hydrogen (secondary N) is 5. The Hall–Kier alpha value is -6.59. The molecule has 0 bridgehead atoms. The molecule has 2 aromatic heterocycles. The van der Waals surface area contributed by atoms with Crippen LogP contribution in [-0.4, -0.2) is 148 Å². The molecule has 8 unspecified atom stereocenters. The maximum absolute atomic E-state index is 14.9. The lowest BCUT2D eigenvalue weighted by Gasteiger charge is -2.36. The molecule has 29 heteroatoms. The standard InChI is InChI=1S/C36H50N12O15S2/c37-16(34(60)61)4-6-22(50)44-19(32(58)42-10-25(53)54)12-64-28(18-8-24(52)47-36(40)46-18)14-2-1-3-15(27(14)57)29(31-41-9-21(49)30(39)48-31)65-13-20(33(59)43-11-26(55)56)45-23(51)7-5-17(38)35(62)63/h8-9,14-17,19-20,28-29,49H,1-7,10-13,37-38H2,(H,42,58)(H,43,59)(H,44,50)(H,45,51)(H,53,54)(H,55,56)(H,60,61)(H,62,63)(H2,39,41,48)(H3,40,46,47,52). The van der Waals surface area contributed by atoms with Crippen molar-refractivity contribution in [2.45, 2.75) is 79.6 Å². The second-order valence-corrected chi connectivity index (χ2v) is 16.9. The van der Waals surface area contributed by atoms with Crippen LogP contribution in [0.3, 0.4) is 0 Å². The lowest BCUT2D eigenvalue weighted by atomic mass is 9.76. The van der Waals surface area contributed by atoms with Gasteiger partial charge in [-0.2, -0.15) is 0 Å². The first-order chi connectivity index (χ1) is 30.6. The van der Waals surface area contributed by atoms with Crippen LogP contribution in [0.15, 0.2) is 17.1 Å². The number of carboxylic acid groups (broad SMARTS) is 4. The van der Waals surface area contributed by atoms with Crippen LogP contribution >= 0.6 is 23.5 Å². The Bertz CT molecular complexity index is 2160. The molecule has 1 aliphatic carbocycles. The van der Waals surface area contributed by atoms with E-state index in [0.29, 0.717) is 6.42 Å². The number of nitrogen functional groups attached to an aromatic ring is 2. The molecule has 2 aromatic rings. The molecule has 3 rings (SSSR count). The quantitative estimate of drug-likeness (QED) is 0.0433. The number of hydrogen-bond donors (Lipinski definition) is 14. The van der Waals surface area contributed by atoms with E-state index in [-0.39, 0.29) is 60.5 Å². The summed E-state index contributed by atoms with van der Waals surface area (Å²) < 4.78 is 0. The molecule has 0 radical (unpaired) electrons. The average Bonchev–Trinajstić information content (AvgIpc) is 3.23. The number of Topliss-reactive ketones (excluding diaryl/α,β-unsaturated/α-hetero) is 1. The van der Waals surface area contributed by atoms with E-state index in [1.54, 1.807) is 0 Å². The molecule has 18 N–H and O–H groups in total. The Morgan fingerprint density at radius 1 is 0.754 bits per heavy atom. The number of carboxylic acids is 4. The number of aromatic nitrogens is 4. The van der Waals surface area contributed by atoms with Crippen LogP contribution < -0.4 is 49.8 Å². The van der Waals surface area contributed by atoms with Gasteiger partial charge in [-0.1, -0.05) is 6.42 Å². The molecule has 1 saturated carbocycles. The fourth-order valence-corrected chi connectivity index (χ4v) is 9.20. The Labute approximate surface area is 376 Å². The van der Waals surface area contributed by atoms with Crippen molar-refractivity contribution in [1.82, 2.24) is 41.2 Å². The Balaban J connectivity index is 2.04. The summed E-state index contributed by atoms with van der Waals surface area (Å²) in [5.41, 5.74) is 22.1. The SMILES string of the molecule is Nc1nc(C(SCC(NC(=O)CCC(N)C(=O)O)C(=O)NCC(=O)O)C2CCCC(C(SCC(NC(=O)CCC(N)C(=O)O)C(=O)NCC(=O)O)c3ncc(O)c(N)n3)C2=O)cc(=O)[nH]1. The molecule has 1 fully saturated rings. The number of aliphatic carboxylic acids is 4. The number of nitrogens with zero attached hydrogens (tertiary/aromatic N) is 3. The number of H-pyrrole nitrogens is 1. The van der Waals surface area contributed by atoms with E-state index >= 15 is 0 Å². The zero-order valence-corrected chi connectivity index (χ0v) is 36.0. The topological polar surface area (TPSA) is 479 Å². The van der Waals surface area contributed by atoms with Crippen LogP contribution in [0, 0.1) is 11.8 Å². The number of carbonyl (C=O) groups excluding carboxylic acids is 5. The predicted octanol–water partition coefficient (Wildman–Crippen LogP) is -3.58. The van der Waals surface area contributed by atoms with Crippen LogP contribution in [0.5, 0.6) is 5.75 Å². The zero-order valence-electron chi connectivity index (χ0n) is 34.3. The first-order valence-corrected chi connectivity index (χ1v) is 21.7. The smallest absolute Gasteiger partial charge is 0.322 e. The molecule has 8 atom stereocenters. The number of rotatable bonds is 26. The number of nitrogens with two attached hydrogens (primary N) is 4. The summed E-state index contributed by atoms with van der Waals surface area (Å²) in [6.45, 7) is -1.68. The number of amides is 4. The highest BCUT2D eigenvalue weighted by Gasteiger charge is 2.44. The summed E-state index contributed by atoms with van der Waals surface area (Å²) in [6.07, 6.45) is 0.0982. The molecule has 0 aliphatic heterocycles. The lowest BCUT2D eigenvalue weighted by Crippen LogP contribution is -2.50. The number of hydrogen-bond acceptors (Lipinski definition) is 20. The summed E-state index contributed by atoms with van der Waals surface area (Å²) in [6, 6.07) is -4.71. The molecular weight excluding hydrogens is 905 g/mol. The predicted molar refractivity (Wildman–Crippen MR) is 228 cm³/mol. The molecular formula is C36H50N12O15S2. The fourth-order valence-electron chi connectivity index (χ4n) is 6.37. The van der Waals surface area contributed by atoms with E-state index in [0.717, 1.165) is 35.8 Å². The van der Waals surface area contributed by atoms with Gasteiger partial charge < -0.3 is 69.7 Å². The number of thioether (sulfide) groups is 2. The summed E-state index contributed by atoms with van der Waals surface area (Å²) in [5.74, 6) is -13.8. The first kappa shape index (κ1) is 52.8. The second kappa shape index (κ2) is 25.0. The van der Waals surface area contributed by atoms with E-state index in [1.807, 2.05) is 0 Å². The second-order valence-electron chi connectivity index (χ2n) is 14.5. The monoisotopic (exact) mass is 954 g/mol. The summed E-state index contributed by atoms with van der Waals surface area (Å²) in [7, 11) is 0. The van der Waals surface area contributed by atoms with E-state index in [9.17, 15) is 63.3 Å². The maximum atomic E-state index is 14.9. The molecule has 0 saturated heterocycles. The largest absolute Gasteiger partial charge is 0.503 e. The van der Waals surface area contributed by atoms with Crippen molar-refractivity contribution in [2.75, 3.05) is 36.1 Å². The van der Waals surface area contributed by atoms with Crippen molar-refractivity contribution in [2.24, 2.45) is 23.3 Å². The lowest BCUT2D eigenvalue weighted by molar-refractivity contribution is -0.140. The van der Waals surface area contributed by atoms with Gasteiger partial charge in [-0.15, -0.1) is 23.5 Å². The fraction of sp³-hybridized carbons (Fsp3) is 0.528. The highest BCUT2D eigenvalue weighted by atomic mass is 32.2. The van der Waals surface area contributed by atoms with Crippen molar-refractivity contribution in [1.29, 1.82) is 0 Å². The van der Waals surface area contributed by atoms with Crippen LogP contribution in [0.1, 0.15) is 67.0 Å². The molecule has 4 amide bonds. The van der Waals surface area contributed by atoms with Gasteiger partial charge >= 0.3 is 23.9 Å². The zero-order chi connectivity index (χ0) is 48.5. The normalized spacial score (nSPS) is 17.5. The first-order valence-electron chi connectivity index (χ1n) is 19.6. The van der Waals surface area contributed by atoms with Crippen LogP contribution in [-0.2, 0) is 43.2 Å². The van der Waals surface area contributed by atoms with Gasteiger partial charge in [0.15, 0.2) is 11.6 Å². The van der Waals surface area contributed by atoms with Gasteiger partial charge in [0.05, 0.1) is 22.4 Å². The van der Waals surface area contributed by atoms with E-state index in [1.165, 1.54) is 0 Å². The Morgan fingerprint density at radius 3 is 1.68 bits per heavy atom. The third-order valence-corrected chi connectivity index (χ3v) is 12.5. The van der Waals surface area contributed by atoms with Gasteiger partial charge in [0, 0.05) is 42.2 Å². The van der Waals surface area contributed by atoms with Crippen LogP contribution in [0.4, 0.5) is 11.8 Å². The molecule has 1 aliphatic rings. The molecule has 0 spiro atoms. The Morgan fingerprint density at radius 2 is 1.23 bits per heavy atom. The number of aromatic amines is 1. The van der Waals surface area contributed by atoms with E-state index < -0.39 is 137 Å². The third kappa shape index (κ3) is 16.8. The molecule has 0 aromatic carbocycles. The van der Waals surface area contributed by atoms with E-state index in [4.69, 9.17) is 33.1 Å².